The van der Waals surface area contributed by atoms with Gasteiger partial charge in [0.05, 0.1) is 5.69 Å². The number of H-pyrrole nitrogens is 1. The van der Waals surface area contributed by atoms with E-state index in [0.717, 1.165) is 11.3 Å². The van der Waals surface area contributed by atoms with Crippen LogP contribution in [0.1, 0.15) is 11.3 Å². The minimum atomic E-state index is -0.0938. The molecule has 3 rings (SSSR count). The van der Waals surface area contributed by atoms with Crippen molar-refractivity contribution < 1.29 is 0 Å². The van der Waals surface area contributed by atoms with Crippen LogP contribution in [-0.4, -0.2) is 14.6 Å². The Labute approximate surface area is 104 Å². The van der Waals surface area contributed by atoms with Gasteiger partial charge >= 0.3 is 0 Å². The number of hydrogen-bond acceptors (Lipinski definition) is 2. The van der Waals surface area contributed by atoms with Gasteiger partial charge in [-0.1, -0.05) is 29.8 Å². The van der Waals surface area contributed by atoms with Gasteiger partial charge in [-0.3, -0.25) is 9.89 Å². The Balaban J connectivity index is 2.24. The molecule has 0 aliphatic heterocycles. The van der Waals surface area contributed by atoms with Crippen LogP contribution in [0.25, 0.3) is 16.9 Å². The second-order valence-electron chi connectivity index (χ2n) is 4.48. The van der Waals surface area contributed by atoms with Crippen LogP contribution in [0.2, 0.25) is 0 Å². The normalized spacial score (nSPS) is 11.0. The lowest BCUT2D eigenvalue weighted by Crippen LogP contribution is -2.14. The molecule has 90 valence electrons. The first-order valence-corrected chi connectivity index (χ1v) is 5.80. The molecule has 0 saturated carbocycles. The zero-order valence-electron chi connectivity index (χ0n) is 10.3. The number of rotatable bonds is 1. The fraction of sp³-hybridized carbons (Fsp3) is 0.143. The number of aryl methyl sites for hydroxylation is 2. The lowest BCUT2D eigenvalue weighted by molar-refractivity contribution is 0.882. The summed E-state index contributed by atoms with van der Waals surface area (Å²) in [4.78, 5) is 16.4. The van der Waals surface area contributed by atoms with E-state index in [1.807, 2.05) is 44.2 Å². The molecule has 0 atom stereocenters. The molecule has 0 spiro atoms. The molecule has 2 heterocycles. The number of benzene rings is 1. The first-order chi connectivity index (χ1) is 8.63. The van der Waals surface area contributed by atoms with Crippen LogP contribution in [-0.2, 0) is 0 Å². The summed E-state index contributed by atoms with van der Waals surface area (Å²) in [6, 6.07) is 11.4. The molecule has 1 aromatic carbocycles. The molecule has 0 saturated heterocycles. The lowest BCUT2D eigenvalue weighted by Gasteiger charge is -2.01. The second kappa shape index (κ2) is 3.84. The minimum absolute atomic E-state index is 0.0938. The summed E-state index contributed by atoms with van der Waals surface area (Å²) in [6.45, 7) is 3.93. The van der Waals surface area contributed by atoms with E-state index in [1.165, 1.54) is 10.1 Å². The molecule has 3 aromatic rings. The molecule has 0 bridgehead atoms. The standard InChI is InChI=1S/C14H13N3O/c1-9-3-5-11(6-4-9)12-8-14(18)17-13(15-12)7-10(2)16-17/h3-8,16H,1-2H3. The van der Waals surface area contributed by atoms with E-state index in [9.17, 15) is 4.79 Å². The molecule has 0 unspecified atom stereocenters. The number of nitrogens with one attached hydrogen (secondary N) is 1. The van der Waals surface area contributed by atoms with Gasteiger partial charge in [0.25, 0.3) is 5.56 Å². The summed E-state index contributed by atoms with van der Waals surface area (Å²) in [5.41, 5.74) is 4.33. The molecule has 2 aromatic heterocycles. The topological polar surface area (TPSA) is 50.2 Å². The van der Waals surface area contributed by atoms with E-state index >= 15 is 0 Å². The average Bonchev–Trinajstić information content (AvgIpc) is 2.71. The monoisotopic (exact) mass is 239 g/mol. The van der Waals surface area contributed by atoms with Crippen LogP contribution in [0.5, 0.6) is 0 Å². The van der Waals surface area contributed by atoms with Gasteiger partial charge in [-0.25, -0.2) is 9.50 Å². The molecular weight excluding hydrogens is 226 g/mol. The van der Waals surface area contributed by atoms with Crippen LogP contribution in [0.15, 0.2) is 41.2 Å². The summed E-state index contributed by atoms with van der Waals surface area (Å²) in [5, 5.41) is 2.96. The van der Waals surface area contributed by atoms with Crippen molar-refractivity contribution in [3.05, 3.63) is 58.0 Å². The van der Waals surface area contributed by atoms with Gasteiger partial charge < -0.3 is 0 Å². The SMILES string of the molecule is Cc1ccc(-c2cc(=O)n3[nH]c(C)cc3n2)cc1. The molecule has 0 amide bonds. The van der Waals surface area contributed by atoms with Gasteiger partial charge in [0.1, 0.15) is 0 Å². The van der Waals surface area contributed by atoms with Crippen LogP contribution in [0.3, 0.4) is 0 Å². The first-order valence-electron chi connectivity index (χ1n) is 5.80. The minimum Gasteiger partial charge on any atom is -0.294 e. The van der Waals surface area contributed by atoms with Crippen molar-refractivity contribution in [2.24, 2.45) is 0 Å². The van der Waals surface area contributed by atoms with Crippen molar-refractivity contribution >= 4 is 5.65 Å². The van der Waals surface area contributed by atoms with Crippen molar-refractivity contribution in [1.29, 1.82) is 0 Å². The van der Waals surface area contributed by atoms with Gasteiger partial charge in [0.2, 0.25) is 0 Å². The van der Waals surface area contributed by atoms with E-state index in [4.69, 9.17) is 0 Å². The van der Waals surface area contributed by atoms with Crippen molar-refractivity contribution in [1.82, 2.24) is 14.6 Å². The van der Waals surface area contributed by atoms with E-state index < -0.39 is 0 Å². The first kappa shape index (κ1) is 10.8. The van der Waals surface area contributed by atoms with E-state index in [2.05, 4.69) is 10.1 Å². The van der Waals surface area contributed by atoms with Gasteiger partial charge in [-0.2, -0.15) is 0 Å². The highest BCUT2D eigenvalue weighted by molar-refractivity contribution is 5.61. The van der Waals surface area contributed by atoms with Gasteiger partial charge in [-0.15, -0.1) is 0 Å². The maximum Gasteiger partial charge on any atom is 0.273 e. The third kappa shape index (κ3) is 1.72. The summed E-state index contributed by atoms with van der Waals surface area (Å²) >= 11 is 0. The Morgan fingerprint density at radius 3 is 2.56 bits per heavy atom. The predicted molar refractivity (Wildman–Crippen MR) is 70.7 cm³/mol. The molecule has 1 N–H and O–H groups in total. The fourth-order valence-electron chi connectivity index (χ4n) is 1.98. The molecule has 0 aliphatic rings. The maximum atomic E-state index is 11.9. The predicted octanol–water partition coefficient (Wildman–Crippen LogP) is 2.31. The summed E-state index contributed by atoms with van der Waals surface area (Å²) in [5.74, 6) is 0. The van der Waals surface area contributed by atoms with Crippen LogP contribution >= 0.6 is 0 Å². The largest absolute Gasteiger partial charge is 0.294 e. The highest BCUT2D eigenvalue weighted by Gasteiger charge is 2.06. The molecule has 4 heteroatoms. The van der Waals surface area contributed by atoms with Crippen LogP contribution in [0.4, 0.5) is 0 Å². The molecule has 0 aliphatic carbocycles. The molecule has 0 radical (unpaired) electrons. The number of aromatic amines is 1. The highest BCUT2D eigenvalue weighted by Crippen LogP contribution is 2.16. The zero-order valence-corrected chi connectivity index (χ0v) is 10.3. The third-order valence-corrected chi connectivity index (χ3v) is 2.93. The fourth-order valence-corrected chi connectivity index (χ4v) is 1.98. The average molecular weight is 239 g/mol. The number of fused-ring (bicyclic) bond motifs is 1. The van der Waals surface area contributed by atoms with Gasteiger partial charge in [-0.05, 0) is 13.8 Å². The molecule has 4 nitrogen and oxygen atoms in total. The summed E-state index contributed by atoms with van der Waals surface area (Å²) < 4.78 is 1.45. The van der Waals surface area contributed by atoms with Crippen molar-refractivity contribution in [2.75, 3.05) is 0 Å². The Morgan fingerprint density at radius 2 is 1.83 bits per heavy atom. The Hall–Kier alpha value is -2.36. The van der Waals surface area contributed by atoms with Gasteiger partial charge in [0.15, 0.2) is 5.65 Å². The summed E-state index contributed by atoms with van der Waals surface area (Å²) in [7, 11) is 0. The number of nitrogens with zero attached hydrogens (tertiary/aromatic N) is 2. The van der Waals surface area contributed by atoms with Crippen molar-refractivity contribution in [3.8, 4) is 11.3 Å². The van der Waals surface area contributed by atoms with Crippen molar-refractivity contribution in [2.45, 2.75) is 13.8 Å². The van der Waals surface area contributed by atoms with Gasteiger partial charge in [0, 0.05) is 23.4 Å². The molecule has 18 heavy (non-hydrogen) atoms. The second-order valence-corrected chi connectivity index (χ2v) is 4.48. The zero-order chi connectivity index (χ0) is 12.7. The number of aromatic nitrogens is 3. The Bertz CT molecular complexity index is 766. The lowest BCUT2D eigenvalue weighted by atomic mass is 10.1. The van der Waals surface area contributed by atoms with Crippen molar-refractivity contribution in [3.63, 3.8) is 0 Å². The Kier molecular flexibility index (Phi) is 2.30. The van der Waals surface area contributed by atoms with E-state index in [1.54, 1.807) is 6.07 Å². The highest BCUT2D eigenvalue weighted by atomic mass is 16.1. The third-order valence-electron chi connectivity index (χ3n) is 2.93. The molecule has 0 fully saturated rings. The number of hydrogen-bond donors (Lipinski definition) is 1. The smallest absolute Gasteiger partial charge is 0.273 e. The molecular formula is C14H13N3O. The van der Waals surface area contributed by atoms with Crippen LogP contribution < -0.4 is 5.56 Å². The maximum absolute atomic E-state index is 11.9. The van der Waals surface area contributed by atoms with E-state index in [-0.39, 0.29) is 5.56 Å². The summed E-state index contributed by atoms with van der Waals surface area (Å²) in [6.07, 6.45) is 0. The van der Waals surface area contributed by atoms with E-state index in [0.29, 0.717) is 11.3 Å². The van der Waals surface area contributed by atoms with Crippen LogP contribution in [0, 0.1) is 13.8 Å². The quantitative estimate of drug-likeness (QED) is 0.708. The Morgan fingerprint density at radius 1 is 1.11 bits per heavy atom.